The predicted molar refractivity (Wildman–Crippen MR) is 73.4 cm³/mol. The van der Waals surface area contributed by atoms with Gasteiger partial charge in [-0.1, -0.05) is 13.3 Å². The molecule has 0 radical (unpaired) electrons. The lowest BCUT2D eigenvalue weighted by Gasteiger charge is -2.26. The molecule has 0 spiro atoms. The molecule has 5 nitrogen and oxygen atoms in total. The Morgan fingerprint density at radius 3 is 2.63 bits per heavy atom. The maximum atomic E-state index is 12.3. The van der Waals surface area contributed by atoms with Gasteiger partial charge in [0.15, 0.2) is 11.5 Å². The van der Waals surface area contributed by atoms with Gasteiger partial charge >= 0.3 is 0 Å². The molecule has 2 rings (SSSR count). The highest BCUT2D eigenvalue weighted by molar-refractivity contribution is 6.00. The van der Waals surface area contributed by atoms with Crippen LogP contribution in [0.4, 0.5) is 5.69 Å². The number of nitrogens with two attached hydrogens (primary N) is 1. The molecule has 0 fully saturated rings. The van der Waals surface area contributed by atoms with E-state index in [0.717, 1.165) is 12.8 Å². The maximum absolute atomic E-state index is 12.3. The van der Waals surface area contributed by atoms with Crippen molar-refractivity contribution in [3.8, 4) is 11.5 Å². The highest BCUT2D eigenvalue weighted by Crippen LogP contribution is 2.36. The molecule has 5 heteroatoms. The third-order valence-corrected chi connectivity index (χ3v) is 3.12. The van der Waals surface area contributed by atoms with Gasteiger partial charge in [-0.15, -0.1) is 0 Å². The van der Waals surface area contributed by atoms with Crippen LogP contribution < -0.4 is 20.5 Å². The summed E-state index contributed by atoms with van der Waals surface area (Å²) in [5.74, 6) is 0.962. The van der Waals surface area contributed by atoms with Crippen molar-refractivity contribution in [1.29, 1.82) is 0 Å². The molecule has 0 atom stereocenters. The number of fused-ring (bicyclic) bond motifs is 1. The van der Waals surface area contributed by atoms with Gasteiger partial charge in [0.2, 0.25) is 6.79 Å². The second-order valence-electron chi connectivity index (χ2n) is 5.38. The van der Waals surface area contributed by atoms with Crippen LogP contribution in [0.15, 0.2) is 12.1 Å². The second-order valence-corrected chi connectivity index (χ2v) is 5.38. The van der Waals surface area contributed by atoms with Crippen molar-refractivity contribution in [2.45, 2.75) is 39.2 Å². The van der Waals surface area contributed by atoms with Gasteiger partial charge in [0.25, 0.3) is 5.91 Å². The first-order valence-corrected chi connectivity index (χ1v) is 6.44. The van der Waals surface area contributed by atoms with Gasteiger partial charge in [0.1, 0.15) is 0 Å². The number of rotatable bonds is 4. The second kappa shape index (κ2) is 4.99. The molecule has 0 saturated heterocycles. The highest BCUT2D eigenvalue weighted by Gasteiger charge is 2.24. The molecule has 0 aliphatic carbocycles. The Morgan fingerprint density at radius 1 is 1.37 bits per heavy atom. The molecule has 1 heterocycles. The monoisotopic (exact) mass is 264 g/mol. The number of carbonyl (C=O) groups is 1. The number of nitrogen functional groups attached to an aromatic ring is 1. The Balaban J connectivity index is 2.20. The molecule has 1 aromatic rings. The summed E-state index contributed by atoms with van der Waals surface area (Å²) in [5, 5.41) is 2.99. The first-order valence-electron chi connectivity index (χ1n) is 6.44. The lowest BCUT2D eigenvalue weighted by atomic mass is 9.98. The van der Waals surface area contributed by atoms with Gasteiger partial charge in [-0.3, -0.25) is 4.79 Å². The largest absolute Gasteiger partial charge is 0.454 e. The van der Waals surface area contributed by atoms with Gasteiger partial charge in [0.05, 0.1) is 5.56 Å². The van der Waals surface area contributed by atoms with Crippen molar-refractivity contribution in [1.82, 2.24) is 5.32 Å². The smallest absolute Gasteiger partial charge is 0.253 e. The zero-order chi connectivity index (χ0) is 14.0. The summed E-state index contributed by atoms with van der Waals surface area (Å²) in [6.45, 7) is 6.25. The summed E-state index contributed by atoms with van der Waals surface area (Å²) in [7, 11) is 0. The molecule has 1 aliphatic rings. The zero-order valence-electron chi connectivity index (χ0n) is 11.6. The fraction of sp³-hybridized carbons (Fsp3) is 0.500. The summed E-state index contributed by atoms with van der Waals surface area (Å²) < 4.78 is 10.5. The fourth-order valence-corrected chi connectivity index (χ4v) is 2.22. The molecule has 0 bridgehead atoms. The third-order valence-electron chi connectivity index (χ3n) is 3.12. The molecule has 19 heavy (non-hydrogen) atoms. The molecule has 0 saturated carbocycles. The molecule has 1 aromatic carbocycles. The van der Waals surface area contributed by atoms with Crippen LogP contribution in [-0.4, -0.2) is 18.2 Å². The average Bonchev–Trinajstić information content (AvgIpc) is 2.73. The van der Waals surface area contributed by atoms with E-state index in [1.165, 1.54) is 0 Å². The van der Waals surface area contributed by atoms with Crippen LogP contribution in [0.2, 0.25) is 0 Å². The zero-order valence-corrected chi connectivity index (χ0v) is 11.6. The minimum Gasteiger partial charge on any atom is -0.454 e. The van der Waals surface area contributed by atoms with E-state index in [9.17, 15) is 4.79 Å². The van der Waals surface area contributed by atoms with E-state index in [0.29, 0.717) is 22.7 Å². The maximum Gasteiger partial charge on any atom is 0.253 e. The van der Waals surface area contributed by atoms with Crippen molar-refractivity contribution >= 4 is 11.6 Å². The van der Waals surface area contributed by atoms with Crippen molar-refractivity contribution in [2.75, 3.05) is 12.5 Å². The van der Waals surface area contributed by atoms with E-state index >= 15 is 0 Å². The van der Waals surface area contributed by atoms with E-state index in [2.05, 4.69) is 12.2 Å². The Hall–Kier alpha value is -1.91. The molecular formula is C14H20N2O3. The average molecular weight is 264 g/mol. The van der Waals surface area contributed by atoms with Crippen molar-refractivity contribution in [2.24, 2.45) is 0 Å². The Labute approximate surface area is 113 Å². The molecule has 104 valence electrons. The van der Waals surface area contributed by atoms with E-state index in [1.54, 1.807) is 12.1 Å². The van der Waals surface area contributed by atoms with Crippen LogP contribution in [0.25, 0.3) is 0 Å². The van der Waals surface area contributed by atoms with E-state index in [1.807, 2.05) is 13.8 Å². The SMILES string of the molecule is CCCC(C)(C)NC(=O)c1cc2c(cc1N)OCO2. The van der Waals surface area contributed by atoms with E-state index in [4.69, 9.17) is 15.2 Å². The molecule has 0 unspecified atom stereocenters. The summed E-state index contributed by atoms with van der Waals surface area (Å²) in [4.78, 5) is 12.3. The third kappa shape index (κ3) is 2.92. The number of amides is 1. The van der Waals surface area contributed by atoms with Crippen LogP contribution in [0.5, 0.6) is 11.5 Å². The molecule has 1 aliphatic heterocycles. The first kappa shape index (κ1) is 13.5. The fourth-order valence-electron chi connectivity index (χ4n) is 2.22. The summed E-state index contributed by atoms with van der Waals surface area (Å²) in [6.07, 6.45) is 1.91. The van der Waals surface area contributed by atoms with Crippen LogP contribution in [-0.2, 0) is 0 Å². The van der Waals surface area contributed by atoms with Crippen LogP contribution in [0, 0.1) is 0 Å². The Morgan fingerprint density at radius 2 is 2.00 bits per heavy atom. The summed E-state index contributed by atoms with van der Waals surface area (Å²) in [5.41, 5.74) is 6.46. The minimum atomic E-state index is -0.255. The van der Waals surface area contributed by atoms with Crippen molar-refractivity contribution in [3.63, 3.8) is 0 Å². The Bertz CT molecular complexity index is 498. The lowest BCUT2D eigenvalue weighted by molar-refractivity contribution is 0.0909. The van der Waals surface area contributed by atoms with Gasteiger partial charge < -0.3 is 20.5 Å². The van der Waals surface area contributed by atoms with Crippen LogP contribution in [0.1, 0.15) is 44.0 Å². The quantitative estimate of drug-likeness (QED) is 0.818. The van der Waals surface area contributed by atoms with Crippen molar-refractivity contribution < 1.29 is 14.3 Å². The van der Waals surface area contributed by atoms with Gasteiger partial charge in [0, 0.05) is 17.3 Å². The first-order chi connectivity index (χ1) is 8.93. The number of benzene rings is 1. The topological polar surface area (TPSA) is 73.6 Å². The number of ether oxygens (including phenoxy) is 2. The number of hydrogen-bond acceptors (Lipinski definition) is 4. The van der Waals surface area contributed by atoms with E-state index in [-0.39, 0.29) is 18.2 Å². The van der Waals surface area contributed by atoms with Crippen LogP contribution in [0.3, 0.4) is 0 Å². The van der Waals surface area contributed by atoms with Gasteiger partial charge in [-0.2, -0.15) is 0 Å². The molecule has 3 N–H and O–H groups in total. The van der Waals surface area contributed by atoms with Crippen molar-refractivity contribution in [3.05, 3.63) is 17.7 Å². The lowest BCUT2D eigenvalue weighted by Crippen LogP contribution is -2.43. The van der Waals surface area contributed by atoms with E-state index < -0.39 is 0 Å². The number of hydrogen-bond donors (Lipinski definition) is 2. The van der Waals surface area contributed by atoms with Gasteiger partial charge in [-0.25, -0.2) is 0 Å². The van der Waals surface area contributed by atoms with Gasteiger partial charge in [-0.05, 0) is 26.3 Å². The summed E-state index contributed by atoms with van der Waals surface area (Å²) in [6, 6.07) is 3.26. The Kier molecular flexibility index (Phi) is 3.55. The molecular weight excluding hydrogens is 244 g/mol. The number of anilines is 1. The summed E-state index contributed by atoms with van der Waals surface area (Å²) >= 11 is 0. The highest BCUT2D eigenvalue weighted by atomic mass is 16.7. The van der Waals surface area contributed by atoms with Crippen LogP contribution >= 0.6 is 0 Å². The number of carbonyl (C=O) groups excluding carboxylic acids is 1. The molecule has 0 aromatic heterocycles. The normalized spacial score (nSPS) is 13.4. The minimum absolute atomic E-state index is 0.168. The predicted octanol–water partition coefficient (Wildman–Crippen LogP) is 2.31. The standard InChI is InChI=1S/C14H20N2O3/c1-4-5-14(2,3)16-13(17)9-6-11-12(7-10(9)15)19-8-18-11/h6-7H,4-5,8,15H2,1-3H3,(H,16,17). The molecule has 1 amide bonds. The number of nitrogens with one attached hydrogen (secondary N) is 1.